The van der Waals surface area contributed by atoms with Gasteiger partial charge in [-0.25, -0.2) is 4.99 Å². The average molecular weight is 345 g/mol. The molecule has 0 saturated heterocycles. The number of aromatic amines is 1. The number of rotatable bonds is 4. The Balaban J connectivity index is 2.09. The number of nitrogens with one attached hydrogen (secondary N) is 1. The molecule has 6 heteroatoms. The number of hydrogen-bond donors (Lipinski definition) is 1. The van der Waals surface area contributed by atoms with Crippen LogP contribution < -0.4 is 10.3 Å². The predicted octanol–water partition coefficient (Wildman–Crippen LogP) is 4.43. The zero-order valence-electron chi connectivity index (χ0n) is 14.7. The van der Waals surface area contributed by atoms with Gasteiger partial charge in [0.25, 0.3) is 5.56 Å². The van der Waals surface area contributed by atoms with Crippen LogP contribution in [0.15, 0.2) is 34.1 Å². The van der Waals surface area contributed by atoms with Crippen molar-refractivity contribution in [3.05, 3.63) is 45.7 Å². The van der Waals surface area contributed by atoms with E-state index in [4.69, 9.17) is 4.74 Å². The van der Waals surface area contributed by atoms with Gasteiger partial charge in [-0.05, 0) is 52.3 Å². The summed E-state index contributed by atoms with van der Waals surface area (Å²) in [6.45, 7) is 10.1. The van der Waals surface area contributed by atoms with E-state index in [1.807, 2.05) is 63.6 Å². The molecule has 0 radical (unpaired) electrons. The molecule has 24 heavy (non-hydrogen) atoms. The first kappa shape index (κ1) is 16.9. The molecule has 2 aromatic rings. The lowest BCUT2D eigenvalue weighted by Crippen LogP contribution is -2.14. The van der Waals surface area contributed by atoms with E-state index in [0.717, 1.165) is 27.7 Å². The van der Waals surface area contributed by atoms with Crippen LogP contribution >= 0.6 is 11.8 Å². The maximum atomic E-state index is 12.6. The zero-order valence-corrected chi connectivity index (χ0v) is 15.5. The molecule has 128 valence electrons. The lowest BCUT2D eigenvalue weighted by atomic mass is 10.1. The molecule has 1 aliphatic heterocycles. The molecule has 5 nitrogen and oxygen atoms in total. The first-order valence-electron chi connectivity index (χ1n) is 8.19. The molecule has 0 saturated carbocycles. The van der Waals surface area contributed by atoms with Crippen molar-refractivity contribution in [1.29, 1.82) is 0 Å². The van der Waals surface area contributed by atoms with Gasteiger partial charge in [0.05, 0.1) is 22.0 Å². The highest BCUT2D eigenvalue weighted by Crippen LogP contribution is 2.44. The Bertz CT molecular complexity index is 833. The van der Waals surface area contributed by atoms with Crippen LogP contribution in [0.5, 0.6) is 5.75 Å². The third-order valence-corrected chi connectivity index (χ3v) is 4.97. The summed E-state index contributed by atoms with van der Waals surface area (Å²) in [5.74, 6) is 1.57. The highest BCUT2D eigenvalue weighted by atomic mass is 32.2. The van der Waals surface area contributed by atoms with Gasteiger partial charge in [0.1, 0.15) is 5.75 Å². The molecule has 1 aliphatic rings. The second-order valence-corrected chi connectivity index (χ2v) is 7.81. The van der Waals surface area contributed by atoms with Crippen LogP contribution in [0.2, 0.25) is 0 Å². The van der Waals surface area contributed by atoms with Crippen molar-refractivity contribution in [3.8, 4) is 5.75 Å². The van der Waals surface area contributed by atoms with Crippen LogP contribution in [0.4, 0.5) is 5.82 Å². The minimum absolute atomic E-state index is 0.0670. The van der Waals surface area contributed by atoms with Crippen molar-refractivity contribution >= 4 is 22.6 Å². The maximum Gasteiger partial charge on any atom is 0.271 e. The van der Waals surface area contributed by atoms with E-state index >= 15 is 0 Å². The van der Waals surface area contributed by atoms with E-state index in [1.54, 1.807) is 11.8 Å². The molecule has 0 amide bonds. The van der Waals surface area contributed by atoms with Crippen LogP contribution in [0, 0.1) is 0 Å². The Morgan fingerprint density at radius 3 is 2.71 bits per heavy atom. The van der Waals surface area contributed by atoms with Crippen molar-refractivity contribution in [2.75, 3.05) is 0 Å². The van der Waals surface area contributed by atoms with Crippen LogP contribution in [0.25, 0.3) is 0 Å². The third-order valence-electron chi connectivity index (χ3n) is 3.80. The van der Waals surface area contributed by atoms with Gasteiger partial charge in [-0.1, -0.05) is 23.9 Å². The van der Waals surface area contributed by atoms with E-state index < -0.39 is 0 Å². The first-order valence-corrected chi connectivity index (χ1v) is 9.07. The first-order chi connectivity index (χ1) is 11.4. The van der Waals surface area contributed by atoms with E-state index in [1.165, 1.54) is 0 Å². The summed E-state index contributed by atoms with van der Waals surface area (Å²) in [6, 6.07) is 8.13. The molecule has 0 fully saturated rings. The summed E-state index contributed by atoms with van der Waals surface area (Å²) in [6.07, 6.45) is 0.114. The quantitative estimate of drug-likeness (QED) is 0.892. The number of thioether (sulfide) groups is 1. The number of fused-ring (bicyclic) bond motifs is 1. The SMILES string of the molecule is CC1=Nc2c(c(=O)[nH]n2C(C)C)C(c2cccc(OC(C)C)c2)S1. The Labute approximate surface area is 146 Å². The fraction of sp³-hybridized carbons (Fsp3) is 0.444. The van der Waals surface area contributed by atoms with E-state index in [-0.39, 0.29) is 23.0 Å². The molecule has 1 aromatic carbocycles. The summed E-state index contributed by atoms with van der Waals surface area (Å²) in [5.41, 5.74) is 1.71. The van der Waals surface area contributed by atoms with Gasteiger partial charge in [0.15, 0.2) is 5.82 Å². The summed E-state index contributed by atoms with van der Waals surface area (Å²) < 4.78 is 7.65. The average Bonchev–Trinajstić information content (AvgIpc) is 2.83. The molecule has 1 aromatic heterocycles. The van der Waals surface area contributed by atoms with Gasteiger partial charge >= 0.3 is 0 Å². The number of benzene rings is 1. The van der Waals surface area contributed by atoms with Gasteiger partial charge in [-0.2, -0.15) is 0 Å². The Kier molecular flexibility index (Phi) is 4.58. The molecule has 0 spiro atoms. The Hall–Kier alpha value is -1.95. The summed E-state index contributed by atoms with van der Waals surface area (Å²) >= 11 is 1.61. The van der Waals surface area contributed by atoms with Gasteiger partial charge in [0.2, 0.25) is 0 Å². The highest BCUT2D eigenvalue weighted by Gasteiger charge is 2.30. The second kappa shape index (κ2) is 6.51. The molecule has 1 N–H and O–H groups in total. The summed E-state index contributed by atoms with van der Waals surface area (Å²) in [5, 5.41) is 3.81. The number of aromatic nitrogens is 2. The smallest absolute Gasteiger partial charge is 0.271 e. The van der Waals surface area contributed by atoms with Crippen LogP contribution in [-0.2, 0) is 0 Å². The molecule has 3 rings (SSSR count). The predicted molar refractivity (Wildman–Crippen MR) is 99.8 cm³/mol. The van der Waals surface area contributed by atoms with E-state index in [0.29, 0.717) is 0 Å². The van der Waals surface area contributed by atoms with Gasteiger partial charge in [0, 0.05) is 6.04 Å². The number of aliphatic imine (C=N–C) groups is 1. The van der Waals surface area contributed by atoms with Crippen molar-refractivity contribution in [2.45, 2.75) is 52.0 Å². The van der Waals surface area contributed by atoms with Gasteiger partial charge in [-0.15, -0.1) is 0 Å². The molecule has 0 aliphatic carbocycles. The van der Waals surface area contributed by atoms with Crippen LogP contribution in [-0.4, -0.2) is 20.9 Å². The maximum absolute atomic E-state index is 12.6. The lowest BCUT2D eigenvalue weighted by molar-refractivity contribution is 0.242. The van der Waals surface area contributed by atoms with Crippen molar-refractivity contribution < 1.29 is 4.74 Å². The molecule has 1 atom stereocenters. The fourth-order valence-corrected chi connectivity index (χ4v) is 3.93. The number of hydrogen-bond acceptors (Lipinski definition) is 4. The van der Waals surface area contributed by atoms with Crippen LogP contribution in [0.3, 0.4) is 0 Å². The van der Waals surface area contributed by atoms with Gasteiger partial charge < -0.3 is 4.74 Å². The van der Waals surface area contributed by atoms with E-state index in [2.05, 4.69) is 10.1 Å². The topological polar surface area (TPSA) is 59.4 Å². The minimum Gasteiger partial charge on any atom is -0.491 e. The summed E-state index contributed by atoms with van der Waals surface area (Å²) in [7, 11) is 0. The molecular weight excluding hydrogens is 322 g/mol. The monoisotopic (exact) mass is 345 g/mol. The number of H-pyrrole nitrogens is 1. The Morgan fingerprint density at radius 1 is 1.29 bits per heavy atom. The number of ether oxygens (including phenoxy) is 1. The molecular formula is C18H23N3O2S. The normalized spacial score (nSPS) is 17.1. The highest BCUT2D eigenvalue weighted by molar-refractivity contribution is 8.14. The molecule has 2 heterocycles. The van der Waals surface area contributed by atoms with E-state index in [9.17, 15) is 4.79 Å². The minimum atomic E-state index is -0.0723. The number of nitrogens with zero attached hydrogens (tertiary/aromatic N) is 2. The van der Waals surface area contributed by atoms with Crippen molar-refractivity contribution in [2.24, 2.45) is 4.99 Å². The Morgan fingerprint density at radius 2 is 2.04 bits per heavy atom. The summed E-state index contributed by atoms with van der Waals surface area (Å²) in [4.78, 5) is 17.2. The largest absolute Gasteiger partial charge is 0.491 e. The third kappa shape index (κ3) is 3.15. The standard InChI is InChI=1S/C18H23N3O2S/c1-10(2)21-17-15(18(22)20-21)16(24-12(5)19-17)13-7-6-8-14(9-13)23-11(3)4/h6-11,16H,1-5H3,(H,20,22). The lowest BCUT2D eigenvalue weighted by Gasteiger charge is -2.22. The second-order valence-electron chi connectivity index (χ2n) is 6.51. The fourth-order valence-electron chi connectivity index (χ4n) is 2.84. The zero-order chi connectivity index (χ0) is 17.4. The van der Waals surface area contributed by atoms with Crippen molar-refractivity contribution in [3.63, 3.8) is 0 Å². The van der Waals surface area contributed by atoms with Crippen LogP contribution in [0.1, 0.15) is 57.0 Å². The van der Waals surface area contributed by atoms with Gasteiger partial charge in [-0.3, -0.25) is 14.6 Å². The van der Waals surface area contributed by atoms with Crippen molar-refractivity contribution in [1.82, 2.24) is 9.78 Å². The molecule has 1 unspecified atom stereocenters. The molecule has 0 bridgehead atoms.